The molecule has 3 rings (SSSR count). The summed E-state index contributed by atoms with van der Waals surface area (Å²) in [5.74, 6) is -0.135. The molecule has 0 aliphatic carbocycles. The van der Waals surface area contributed by atoms with Crippen molar-refractivity contribution in [1.29, 1.82) is 0 Å². The number of hydrogen-bond acceptors (Lipinski definition) is 4. The van der Waals surface area contributed by atoms with Crippen LogP contribution in [-0.4, -0.2) is 51.7 Å². The van der Waals surface area contributed by atoms with E-state index in [1.165, 1.54) is 12.1 Å². The van der Waals surface area contributed by atoms with Crippen LogP contribution in [0, 0.1) is 0 Å². The zero-order chi connectivity index (χ0) is 18.9. The monoisotopic (exact) mass is 392 g/mol. The van der Waals surface area contributed by atoms with Crippen molar-refractivity contribution in [3.63, 3.8) is 0 Å². The molecule has 2 aromatic carbocycles. The molecule has 0 radical (unpaired) electrons. The van der Waals surface area contributed by atoms with Crippen LogP contribution < -0.4 is 4.90 Å². The van der Waals surface area contributed by atoms with Crippen LogP contribution >= 0.6 is 11.6 Å². The van der Waals surface area contributed by atoms with Crippen LogP contribution in [0.3, 0.4) is 0 Å². The first kappa shape index (κ1) is 18.7. The standard InChI is InChI=1S/C19H21ClN2O3S/c1-21(2)16-7-3-14(4-8-16)19(23)22-12-11-18(13-22)26(24,25)17-9-5-15(20)6-10-17/h3-10,18H,11-13H2,1-2H3. The van der Waals surface area contributed by atoms with Gasteiger partial charge in [-0.3, -0.25) is 4.79 Å². The highest BCUT2D eigenvalue weighted by molar-refractivity contribution is 7.92. The van der Waals surface area contributed by atoms with Crippen molar-refractivity contribution in [3.05, 3.63) is 59.1 Å². The molecule has 0 N–H and O–H groups in total. The highest BCUT2D eigenvalue weighted by Crippen LogP contribution is 2.26. The Bertz CT molecular complexity index is 893. The SMILES string of the molecule is CN(C)c1ccc(C(=O)N2CCC(S(=O)(=O)c3ccc(Cl)cc3)C2)cc1. The first-order valence-electron chi connectivity index (χ1n) is 8.35. The number of benzene rings is 2. The summed E-state index contributed by atoms with van der Waals surface area (Å²) in [7, 11) is 0.387. The third-order valence-corrected chi connectivity index (χ3v) is 7.09. The topological polar surface area (TPSA) is 57.7 Å². The van der Waals surface area contributed by atoms with E-state index in [-0.39, 0.29) is 17.3 Å². The van der Waals surface area contributed by atoms with Gasteiger partial charge >= 0.3 is 0 Å². The number of carbonyl (C=O) groups excluding carboxylic acids is 1. The molecule has 0 aromatic heterocycles. The quantitative estimate of drug-likeness (QED) is 0.802. The fourth-order valence-electron chi connectivity index (χ4n) is 3.07. The number of anilines is 1. The summed E-state index contributed by atoms with van der Waals surface area (Å²) in [6, 6.07) is 13.5. The fraction of sp³-hybridized carbons (Fsp3) is 0.316. The van der Waals surface area contributed by atoms with Gasteiger partial charge in [0, 0.05) is 43.5 Å². The summed E-state index contributed by atoms with van der Waals surface area (Å²) in [5.41, 5.74) is 1.58. The molecule has 2 aromatic rings. The van der Waals surface area contributed by atoms with Gasteiger partial charge in [-0.2, -0.15) is 0 Å². The van der Waals surface area contributed by atoms with E-state index >= 15 is 0 Å². The van der Waals surface area contributed by atoms with Gasteiger partial charge in [0.05, 0.1) is 10.1 Å². The number of carbonyl (C=O) groups is 1. The smallest absolute Gasteiger partial charge is 0.253 e. The molecule has 138 valence electrons. The fourth-order valence-corrected chi connectivity index (χ4v) is 4.89. The van der Waals surface area contributed by atoms with Crippen molar-refractivity contribution in [3.8, 4) is 0 Å². The molecule has 1 fully saturated rings. The second-order valence-electron chi connectivity index (χ2n) is 6.60. The summed E-state index contributed by atoms with van der Waals surface area (Å²) >= 11 is 5.83. The largest absolute Gasteiger partial charge is 0.378 e. The average molecular weight is 393 g/mol. The lowest BCUT2D eigenvalue weighted by Gasteiger charge is -2.18. The third-order valence-electron chi connectivity index (χ3n) is 4.64. The van der Waals surface area contributed by atoms with Crippen LogP contribution in [0.2, 0.25) is 5.02 Å². The third kappa shape index (κ3) is 3.71. The van der Waals surface area contributed by atoms with E-state index in [9.17, 15) is 13.2 Å². The Morgan fingerprint density at radius 2 is 1.69 bits per heavy atom. The molecule has 5 nitrogen and oxygen atoms in total. The van der Waals surface area contributed by atoms with Gasteiger partial charge in [0.15, 0.2) is 9.84 Å². The normalized spacial score (nSPS) is 17.3. The number of nitrogens with zero attached hydrogens (tertiary/aromatic N) is 2. The van der Waals surface area contributed by atoms with Gasteiger partial charge in [0.1, 0.15) is 0 Å². The molecular formula is C19H21ClN2O3S. The molecule has 1 aliphatic rings. The Balaban J connectivity index is 1.73. The molecule has 7 heteroatoms. The minimum atomic E-state index is -3.48. The first-order chi connectivity index (χ1) is 12.3. The van der Waals surface area contributed by atoms with Gasteiger partial charge in [0.25, 0.3) is 5.91 Å². The van der Waals surface area contributed by atoms with E-state index in [1.54, 1.807) is 29.2 Å². The Morgan fingerprint density at radius 3 is 2.27 bits per heavy atom. The molecule has 1 aliphatic heterocycles. The molecule has 1 heterocycles. The lowest BCUT2D eigenvalue weighted by atomic mass is 10.2. The average Bonchev–Trinajstić information content (AvgIpc) is 3.12. The van der Waals surface area contributed by atoms with Crippen LogP contribution in [0.25, 0.3) is 0 Å². The summed E-state index contributed by atoms with van der Waals surface area (Å²) in [6.45, 7) is 0.644. The highest BCUT2D eigenvalue weighted by Gasteiger charge is 2.36. The van der Waals surface area contributed by atoms with Gasteiger partial charge in [-0.15, -0.1) is 0 Å². The van der Waals surface area contributed by atoms with Gasteiger partial charge in [0.2, 0.25) is 0 Å². The van der Waals surface area contributed by atoms with Gasteiger partial charge in [-0.1, -0.05) is 11.6 Å². The maximum atomic E-state index is 12.8. The van der Waals surface area contributed by atoms with Crippen LogP contribution in [0.1, 0.15) is 16.8 Å². The van der Waals surface area contributed by atoms with Crippen molar-refractivity contribution < 1.29 is 13.2 Å². The van der Waals surface area contributed by atoms with Crippen LogP contribution in [0.4, 0.5) is 5.69 Å². The van der Waals surface area contributed by atoms with Gasteiger partial charge < -0.3 is 9.80 Å². The van der Waals surface area contributed by atoms with E-state index in [0.29, 0.717) is 23.6 Å². The minimum Gasteiger partial charge on any atom is -0.378 e. The molecule has 1 saturated heterocycles. The number of likely N-dealkylation sites (tertiary alicyclic amines) is 1. The molecule has 1 amide bonds. The van der Waals surface area contributed by atoms with Crippen LogP contribution in [-0.2, 0) is 9.84 Å². The second-order valence-corrected chi connectivity index (χ2v) is 9.27. The Kier molecular flexibility index (Phi) is 5.25. The van der Waals surface area contributed by atoms with E-state index in [1.807, 2.05) is 31.1 Å². The number of sulfone groups is 1. The minimum absolute atomic E-state index is 0.135. The van der Waals surface area contributed by atoms with Crippen LogP contribution in [0.5, 0.6) is 0 Å². The zero-order valence-corrected chi connectivity index (χ0v) is 16.3. The lowest BCUT2D eigenvalue weighted by Crippen LogP contribution is -2.32. The van der Waals surface area contributed by atoms with Gasteiger partial charge in [-0.25, -0.2) is 8.42 Å². The summed E-state index contributed by atoms with van der Waals surface area (Å²) in [4.78, 5) is 16.5. The summed E-state index contributed by atoms with van der Waals surface area (Å²) < 4.78 is 25.6. The maximum absolute atomic E-state index is 12.8. The molecule has 1 unspecified atom stereocenters. The molecule has 0 saturated carbocycles. The molecule has 0 spiro atoms. The Morgan fingerprint density at radius 1 is 1.08 bits per heavy atom. The molecule has 0 bridgehead atoms. The molecule has 26 heavy (non-hydrogen) atoms. The van der Waals surface area contributed by atoms with E-state index in [0.717, 1.165) is 5.69 Å². The summed E-state index contributed by atoms with van der Waals surface area (Å²) in [6.07, 6.45) is 0.437. The highest BCUT2D eigenvalue weighted by atomic mass is 35.5. The predicted molar refractivity (Wildman–Crippen MR) is 104 cm³/mol. The number of hydrogen-bond donors (Lipinski definition) is 0. The van der Waals surface area contributed by atoms with E-state index < -0.39 is 15.1 Å². The number of amides is 1. The molecule has 1 atom stereocenters. The van der Waals surface area contributed by atoms with Crippen molar-refractivity contribution in [1.82, 2.24) is 4.90 Å². The van der Waals surface area contributed by atoms with E-state index in [4.69, 9.17) is 11.6 Å². The second kappa shape index (κ2) is 7.29. The summed E-state index contributed by atoms with van der Waals surface area (Å²) in [5, 5.41) is -0.0954. The predicted octanol–water partition coefficient (Wildman–Crippen LogP) is 3.09. The molecular weight excluding hydrogens is 372 g/mol. The number of halogens is 1. The first-order valence-corrected chi connectivity index (χ1v) is 10.3. The van der Waals surface area contributed by atoms with Crippen molar-refractivity contribution >= 4 is 33.0 Å². The zero-order valence-electron chi connectivity index (χ0n) is 14.7. The van der Waals surface area contributed by atoms with Crippen molar-refractivity contribution in [2.75, 3.05) is 32.1 Å². The van der Waals surface area contributed by atoms with Crippen molar-refractivity contribution in [2.24, 2.45) is 0 Å². The van der Waals surface area contributed by atoms with Crippen LogP contribution in [0.15, 0.2) is 53.4 Å². The van der Waals surface area contributed by atoms with E-state index in [2.05, 4.69) is 0 Å². The Labute approximate surface area is 159 Å². The lowest BCUT2D eigenvalue weighted by molar-refractivity contribution is 0.0793. The van der Waals surface area contributed by atoms with Crippen molar-refractivity contribution in [2.45, 2.75) is 16.6 Å². The number of rotatable bonds is 4. The Hall–Kier alpha value is -2.05. The maximum Gasteiger partial charge on any atom is 0.253 e. The van der Waals surface area contributed by atoms with Gasteiger partial charge in [-0.05, 0) is 55.0 Å².